The van der Waals surface area contributed by atoms with Crippen molar-refractivity contribution in [2.24, 2.45) is 5.90 Å². The third-order valence-electron chi connectivity index (χ3n) is 4.30. The summed E-state index contributed by atoms with van der Waals surface area (Å²) in [6, 6.07) is 11.7. The van der Waals surface area contributed by atoms with E-state index >= 15 is 0 Å². The summed E-state index contributed by atoms with van der Waals surface area (Å²) >= 11 is 0.807. The van der Waals surface area contributed by atoms with Gasteiger partial charge in [0.15, 0.2) is 5.82 Å². The molecule has 164 valence electrons. The van der Waals surface area contributed by atoms with Crippen LogP contribution in [0, 0.1) is 5.82 Å². The van der Waals surface area contributed by atoms with Crippen molar-refractivity contribution in [1.82, 2.24) is 19.5 Å². The van der Waals surface area contributed by atoms with Crippen LogP contribution in [0.1, 0.15) is 5.82 Å². The van der Waals surface area contributed by atoms with Crippen molar-refractivity contribution in [1.29, 1.82) is 0 Å². The zero-order chi connectivity index (χ0) is 22.7. The third kappa shape index (κ3) is 4.62. The molecule has 2 aromatic heterocycles. The molecule has 0 aliphatic rings. The number of alkyl halides is 3. The number of imidazole rings is 1. The zero-order valence-corrected chi connectivity index (χ0v) is 16.8. The second kappa shape index (κ2) is 9.04. The molecule has 0 fully saturated rings. The maximum Gasteiger partial charge on any atom is 0.451 e. The van der Waals surface area contributed by atoms with Gasteiger partial charge in [0, 0.05) is 22.9 Å². The summed E-state index contributed by atoms with van der Waals surface area (Å²) < 4.78 is 60.5. The Morgan fingerprint density at radius 1 is 1.00 bits per heavy atom. The van der Waals surface area contributed by atoms with Crippen molar-refractivity contribution in [3.05, 3.63) is 78.9 Å². The van der Waals surface area contributed by atoms with Crippen molar-refractivity contribution >= 4 is 12.0 Å². The van der Waals surface area contributed by atoms with E-state index in [4.69, 9.17) is 5.90 Å². The predicted molar refractivity (Wildman–Crippen MR) is 107 cm³/mol. The van der Waals surface area contributed by atoms with Gasteiger partial charge in [-0.05, 0) is 42.0 Å². The Kier molecular flexibility index (Phi) is 6.19. The highest BCUT2D eigenvalue weighted by Crippen LogP contribution is 2.39. The summed E-state index contributed by atoms with van der Waals surface area (Å²) in [5, 5.41) is 0. The lowest BCUT2D eigenvalue weighted by molar-refractivity contribution is -0.195. The average molecular weight is 463 g/mol. The largest absolute Gasteiger partial charge is 0.451 e. The summed E-state index contributed by atoms with van der Waals surface area (Å²) in [5.41, 5.74) is 0.996. The lowest BCUT2D eigenvalue weighted by Crippen LogP contribution is -2.15. The standard InChI is InChI=1S/C20H13F4N5O2S/c21-14-6-4-12(5-7-14)17-16(13-2-1-3-15(10-13)32-31-30-25)18(29-9-8-26-11-29)28-19(27-17)20(22,23)24/h1-11H,25H2. The normalized spacial score (nSPS) is 11.7. The number of aromatic nitrogens is 4. The van der Waals surface area contributed by atoms with Gasteiger partial charge in [-0.1, -0.05) is 12.1 Å². The molecule has 0 amide bonds. The smallest absolute Gasteiger partial charge is 0.290 e. The summed E-state index contributed by atoms with van der Waals surface area (Å²) in [6.07, 6.45) is -0.614. The van der Waals surface area contributed by atoms with Gasteiger partial charge in [0.2, 0.25) is 5.82 Å². The molecule has 0 aliphatic carbocycles. The van der Waals surface area contributed by atoms with Crippen LogP contribution in [0.15, 0.2) is 72.1 Å². The lowest BCUT2D eigenvalue weighted by atomic mass is 9.99. The van der Waals surface area contributed by atoms with E-state index in [1.807, 2.05) is 0 Å². The van der Waals surface area contributed by atoms with E-state index in [9.17, 15) is 17.6 Å². The molecule has 0 spiro atoms. The van der Waals surface area contributed by atoms with Crippen LogP contribution in [-0.4, -0.2) is 19.5 Å². The van der Waals surface area contributed by atoms with Crippen LogP contribution >= 0.6 is 12.0 Å². The molecule has 0 unspecified atom stereocenters. The molecular weight excluding hydrogens is 450 g/mol. The molecule has 12 heteroatoms. The number of benzene rings is 2. The van der Waals surface area contributed by atoms with Gasteiger partial charge in [-0.2, -0.15) is 19.1 Å². The molecule has 0 saturated carbocycles. The molecule has 0 saturated heterocycles. The van der Waals surface area contributed by atoms with Crippen LogP contribution in [0.2, 0.25) is 0 Å². The molecule has 0 aliphatic heterocycles. The molecule has 4 aromatic rings. The number of nitrogens with two attached hydrogens (primary N) is 1. The van der Waals surface area contributed by atoms with Crippen molar-refractivity contribution in [3.63, 3.8) is 0 Å². The molecule has 7 nitrogen and oxygen atoms in total. The Labute approximate surface area is 182 Å². The van der Waals surface area contributed by atoms with Crippen molar-refractivity contribution in [2.45, 2.75) is 11.1 Å². The van der Waals surface area contributed by atoms with E-state index in [1.165, 1.54) is 35.4 Å². The Balaban J connectivity index is 2.03. The van der Waals surface area contributed by atoms with Gasteiger partial charge < -0.3 is 0 Å². The van der Waals surface area contributed by atoms with Crippen molar-refractivity contribution < 1.29 is 26.9 Å². The average Bonchev–Trinajstić information content (AvgIpc) is 3.32. The number of nitrogens with zero attached hydrogens (tertiary/aromatic N) is 4. The quantitative estimate of drug-likeness (QED) is 0.187. The molecule has 32 heavy (non-hydrogen) atoms. The third-order valence-corrected chi connectivity index (χ3v) is 4.90. The second-order valence-corrected chi connectivity index (χ2v) is 7.12. The van der Waals surface area contributed by atoms with Gasteiger partial charge in [0.05, 0.1) is 23.3 Å². The topological polar surface area (TPSA) is 88.1 Å². The van der Waals surface area contributed by atoms with Gasteiger partial charge in [0.1, 0.15) is 12.1 Å². The lowest BCUT2D eigenvalue weighted by Gasteiger charge is -2.18. The fraction of sp³-hybridized carbons (Fsp3) is 0.0500. The molecule has 2 N–H and O–H groups in total. The summed E-state index contributed by atoms with van der Waals surface area (Å²) in [7, 11) is 0. The maximum absolute atomic E-state index is 13.7. The van der Waals surface area contributed by atoms with Crippen LogP contribution in [0.5, 0.6) is 0 Å². The van der Waals surface area contributed by atoms with Crippen LogP contribution in [-0.2, 0) is 15.5 Å². The van der Waals surface area contributed by atoms with Crippen LogP contribution < -0.4 is 5.90 Å². The minimum atomic E-state index is -4.81. The Morgan fingerprint density at radius 3 is 2.44 bits per heavy atom. The zero-order valence-electron chi connectivity index (χ0n) is 16.0. The number of halogens is 4. The second-order valence-electron chi connectivity index (χ2n) is 6.34. The first-order valence-corrected chi connectivity index (χ1v) is 9.65. The minimum Gasteiger partial charge on any atom is -0.290 e. The summed E-state index contributed by atoms with van der Waals surface area (Å²) in [6.45, 7) is 0. The number of hydrogen-bond donors (Lipinski definition) is 1. The predicted octanol–water partition coefficient (Wildman–Crippen LogP) is 4.98. The van der Waals surface area contributed by atoms with Crippen LogP contribution in [0.25, 0.3) is 28.2 Å². The molecule has 2 heterocycles. The fourth-order valence-corrected chi connectivity index (χ4v) is 3.42. The number of hydrogen-bond acceptors (Lipinski definition) is 7. The molecule has 4 rings (SSSR count). The first-order valence-electron chi connectivity index (χ1n) is 8.91. The first-order chi connectivity index (χ1) is 15.4. The van der Waals surface area contributed by atoms with E-state index in [-0.39, 0.29) is 22.6 Å². The van der Waals surface area contributed by atoms with Crippen molar-refractivity contribution in [3.8, 4) is 28.2 Å². The maximum atomic E-state index is 13.7. The Hall–Kier alpha value is -3.32. The van der Waals surface area contributed by atoms with Gasteiger partial charge >= 0.3 is 6.18 Å². The fourth-order valence-electron chi connectivity index (χ4n) is 2.99. The monoisotopic (exact) mass is 463 g/mol. The Morgan fingerprint density at radius 2 is 1.78 bits per heavy atom. The highest BCUT2D eigenvalue weighted by Gasteiger charge is 2.37. The van der Waals surface area contributed by atoms with E-state index in [0.717, 1.165) is 24.2 Å². The minimum absolute atomic E-state index is 0.0332. The van der Waals surface area contributed by atoms with E-state index in [0.29, 0.717) is 10.5 Å². The van der Waals surface area contributed by atoms with Gasteiger partial charge in [-0.3, -0.25) is 4.57 Å². The number of rotatable bonds is 6. The van der Waals surface area contributed by atoms with E-state index < -0.39 is 17.8 Å². The van der Waals surface area contributed by atoms with E-state index in [2.05, 4.69) is 24.3 Å². The molecule has 0 bridgehead atoms. The molecule has 2 aromatic carbocycles. The van der Waals surface area contributed by atoms with Crippen LogP contribution in [0.4, 0.5) is 17.6 Å². The van der Waals surface area contributed by atoms with Crippen molar-refractivity contribution in [2.75, 3.05) is 0 Å². The SMILES string of the molecule is NOOSc1cccc(-c2c(-c3ccc(F)cc3)nc(C(F)(F)F)nc2-n2ccnc2)c1. The van der Waals surface area contributed by atoms with Crippen LogP contribution in [0.3, 0.4) is 0 Å². The highest BCUT2D eigenvalue weighted by molar-refractivity contribution is 7.94. The molecular formula is C20H13F4N5O2S. The van der Waals surface area contributed by atoms with Gasteiger partial charge in [-0.15, -0.1) is 9.32 Å². The van der Waals surface area contributed by atoms with Gasteiger partial charge in [0.25, 0.3) is 0 Å². The molecule has 0 atom stereocenters. The first kappa shape index (κ1) is 21.9. The van der Waals surface area contributed by atoms with Gasteiger partial charge in [-0.25, -0.2) is 19.3 Å². The summed E-state index contributed by atoms with van der Waals surface area (Å²) in [5.74, 6) is 2.95. The molecule has 0 radical (unpaired) electrons. The summed E-state index contributed by atoms with van der Waals surface area (Å²) in [4.78, 5) is 16.2. The Bertz CT molecular complexity index is 1220. The highest BCUT2D eigenvalue weighted by atomic mass is 32.2. The van der Waals surface area contributed by atoms with E-state index in [1.54, 1.807) is 24.3 Å².